The number of ether oxygens (including phenoxy) is 1. The summed E-state index contributed by atoms with van der Waals surface area (Å²) in [6.07, 6.45) is -0.357. The normalized spacial score (nSPS) is 19.7. The van der Waals surface area contributed by atoms with Crippen LogP contribution in [0.1, 0.15) is 29.2 Å². The van der Waals surface area contributed by atoms with Crippen LogP contribution < -0.4 is 10.1 Å². The van der Waals surface area contributed by atoms with Gasteiger partial charge < -0.3 is 15.0 Å². The molecule has 0 aliphatic carbocycles. The van der Waals surface area contributed by atoms with E-state index in [9.17, 15) is 18.0 Å². The molecule has 1 N–H and O–H groups in total. The second-order valence-electron chi connectivity index (χ2n) is 7.61. The molecule has 3 heterocycles. The number of nitrogens with zero attached hydrogens (tertiary/aromatic N) is 3. The lowest BCUT2D eigenvalue weighted by molar-refractivity contribution is -0.137. The summed E-state index contributed by atoms with van der Waals surface area (Å²) in [4.78, 5) is 20.6. The van der Waals surface area contributed by atoms with Gasteiger partial charge in [-0.05, 0) is 30.7 Å². The van der Waals surface area contributed by atoms with Crippen molar-refractivity contribution in [2.75, 3.05) is 38.1 Å². The standard InChI is InChI=1S/C21H23F3N4O2/c1-14-10-16(13-25-12-14)26-20(29)28-7-5-27(6-8-28)18-4-9-30-19-11-15(21(22,23)24)2-3-17(18)19/h2-3,10-13,18H,4-9H2,1H3,(H,26,29). The number of amides is 2. The van der Waals surface area contributed by atoms with Crippen molar-refractivity contribution >= 4 is 11.7 Å². The van der Waals surface area contributed by atoms with Crippen molar-refractivity contribution in [1.29, 1.82) is 0 Å². The minimum atomic E-state index is -4.39. The van der Waals surface area contributed by atoms with Crippen molar-refractivity contribution in [3.8, 4) is 5.75 Å². The third kappa shape index (κ3) is 4.35. The lowest BCUT2D eigenvalue weighted by Gasteiger charge is -2.41. The second-order valence-corrected chi connectivity index (χ2v) is 7.61. The number of carbonyl (C=O) groups is 1. The van der Waals surface area contributed by atoms with E-state index in [0.29, 0.717) is 50.6 Å². The number of hydrogen-bond donors (Lipinski definition) is 1. The highest BCUT2D eigenvalue weighted by molar-refractivity contribution is 5.89. The Labute approximate surface area is 172 Å². The Morgan fingerprint density at radius 3 is 2.63 bits per heavy atom. The Balaban J connectivity index is 1.39. The van der Waals surface area contributed by atoms with Crippen LogP contribution in [0.4, 0.5) is 23.7 Å². The van der Waals surface area contributed by atoms with Gasteiger partial charge in [0.25, 0.3) is 0 Å². The monoisotopic (exact) mass is 420 g/mol. The summed E-state index contributed by atoms with van der Waals surface area (Å²) in [5, 5.41) is 2.86. The van der Waals surface area contributed by atoms with Crippen LogP contribution in [-0.4, -0.2) is 53.6 Å². The number of carbonyl (C=O) groups excluding carboxylic acids is 1. The summed E-state index contributed by atoms with van der Waals surface area (Å²) in [5.41, 5.74) is 1.69. The van der Waals surface area contributed by atoms with Gasteiger partial charge in [-0.3, -0.25) is 9.88 Å². The number of urea groups is 1. The first-order chi connectivity index (χ1) is 14.3. The Bertz CT molecular complexity index is 927. The molecule has 2 aliphatic heterocycles. The molecular formula is C21H23F3N4O2. The molecule has 0 bridgehead atoms. The molecule has 1 saturated heterocycles. The smallest absolute Gasteiger partial charge is 0.416 e. The molecule has 2 aliphatic rings. The molecule has 9 heteroatoms. The third-order valence-electron chi connectivity index (χ3n) is 5.52. The van der Waals surface area contributed by atoms with Gasteiger partial charge in [0.05, 0.1) is 24.1 Å². The van der Waals surface area contributed by atoms with Crippen molar-refractivity contribution < 1.29 is 22.7 Å². The molecule has 1 unspecified atom stereocenters. The van der Waals surface area contributed by atoms with E-state index in [0.717, 1.165) is 23.3 Å². The number of hydrogen-bond acceptors (Lipinski definition) is 4. The SMILES string of the molecule is Cc1cncc(NC(=O)N2CCN(C3CCOc4cc(C(F)(F)F)ccc43)CC2)c1. The molecule has 0 saturated carbocycles. The summed E-state index contributed by atoms with van der Waals surface area (Å²) in [5.74, 6) is 0.299. The molecule has 1 aromatic carbocycles. The van der Waals surface area contributed by atoms with Crippen molar-refractivity contribution in [2.45, 2.75) is 25.6 Å². The molecule has 30 heavy (non-hydrogen) atoms. The number of rotatable bonds is 2. The Kier molecular flexibility index (Phi) is 5.55. The maximum absolute atomic E-state index is 13.0. The van der Waals surface area contributed by atoms with Gasteiger partial charge in [0.15, 0.2) is 0 Å². The van der Waals surface area contributed by atoms with Gasteiger partial charge in [0, 0.05) is 50.4 Å². The Morgan fingerprint density at radius 1 is 1.17 bits per heavy atom. The molecule has 1 atom stereocenters. The van der Waals surface area contributed by atoms with Gasteiger partial charge in [-0.25, -0.2) is 4.79 Å². The molecular weight excluding hydrogens is 397 g/mol. The minimum absolute atomic E-state index is 0.0118. The summed E-state index contributed by atoms with van der Waals surface area (Å²) < 4.78 is 44.5. The first-order valence-electron chi connectivity index (χ1n) is 9.87. The van der Waals surface area contributed by atoms with E-state index in [-0.39, 0.29) is 12.1 Å². The van der Waals surface area contributed by atoms with Crippen LogP contribution in [0.25, 0.3) is 0 Å². The number of aryl methyl sites for hydroxylation is 1. The lowest BCUT2D eigenvalue weighted by atomic mass is 9.96. The van der Waals surface area contributed by atoms with Crippen LogP contribution >= 0.6 is 0 Å². The molecule has 2 amide bonds. The second kappa shape index (κ2) is 8.14. The number of fused-ring (bicyclic) bond motifs is 1. The molecule has 4 rings (SSSR count). The number of halogens is 3. The van der Waals surface area contributed by atoms with E-state index in [2.05, 4.69) is 15.2 Å². The van der Waals surface area contributed by atoms with Crippen LogP contribution in [-0.2, 0) is 6.18 Å². The first-order valence-corrected chi connectivity index (χ1v) is 9.87. The largest absolute Gasteiger partial charge is 0.493 e. The molecule has 1 aromatic heterocycles. The highest BCUT2D eigenvalue weighted by Crippen LogP contribution is 2.40. The van der Waals surface area contributed by atoms with Crippen LogP contribution in [0, 0.1) is 6.92 Å². The highest BCUT2D eigenvalue weighted by atomic mass is 19.4. The van der Waals surface area contributed by atoms with Crippen LogP contribution in [0.3, 0.4) is 0 Å². The lowest BCUT2D eigenvalue weighted by Crippen LogP contribution is -2.51. The maximum atomic E-state index is 13.0. The van der Waals surface area contributed by atoms with Gasteiger partial charge in [-0.2, -0.15) is 13.2 Å². The van der Waals surface area contributed by atoms with Gasteiger partial charge in [-0.1, -0.05) is 6.07 Å². The van der Waals surface area contributed by atoms with Crippen LogP contribution in [0.5, 0.6) is 5.75 Å². The minimum Gasteiger partial charge on any atom is -0.493 e. The van der Waals surface area contributed by atoms with Crippen molar-refractivity contribution in [3.05, 3.63) is 53.3 Å². The zero-order valence-electron chi connectivity index (χ0n) is 16.6. The predicted octanol–water partition coefficient (Wildman–Crippen LogP) is 4.08. The molecule has 0 radical (unpaired) electrons. The number of nitrogens with one attached hydrogen (secondary N) is 1. The first kappa shape index (κ1) is 20.5. The van der Waals surface area contributed by atoms with Crippen LogP contribution in [0.2, 0.25) is 0 Å². The summed E-state index contributed by atoms with van der Waals surface area (Å²) in [7, 11) is 0. The van der Waals surface area contributed by atoms with Crippen molar-refractivity contribution in [3.63, 3.8) is 0 Å². The number of piperazine rings is 1. The fourth-order valence-electron chi connectivity index (χ4n) is 3.99. The average molecular weight is 420 g/mol. The van der Waals surface area contributed by atoms with Crippen LogP contribution in [0.15, 0.2) is 36.7 Å². The van der Waals surface area contributed by atoms with Crippen molar-refractivity contribution in [2.24, 2.45) is 0 Å². The van der Waals surface area contributed by atoms with E-state index < -0.39 is 11.7 Å². The average Bonchev–Trinajstić information content (AvgIpc) is 2.72. The van der Waals surface area contributed by atoms with E-state index in [1.807, 2.05) is 13.0 Å². The topological polar surface area (TPSA) is 57.7 Å². The summed E-state index contributed by atoms with van der Waals surface area (Å²) in [6, 6.07) is 5.38. The molecule has 0 spiro atoms. The quantitative estimate of drug-likeness (QED) is 0.796. The number of alkyl halides is 3. The third-order valence-corrected chi connectivity index (χ3v) is 5.52. The zero-order chi connectivity index (χ0) is 21.3. The number of pyridine rings is 1. The summed E-state index contributed by atoms with van der Waals surface area (Å²) in [6.45, 7) is 4.65. The van der Waals surface area contributed by atoms with E-state index in [1.54, 1.807) is 17.3 Å². The van der Waals surface area contributed by atoms with Gasteiger partial charge in [-0.15, -0.1) is 0 Å². The fraction of sp³-hybridized carbons (Fsp3) is 0.429. The fourth-order valence-corrected chi connectivity index (χ4v) is 3.99. The van der Waals surface area contributed by atoms with Gasteiger partial charge in [0.2, 0.25) is 0 Å². The Morgan fingerprint density at radius 2 is 1.93 bits per heavy atom. The zero-order valence-corrected chi connectivity index (χ0v) is 16.6. The van der Waals surface area contributed by atoms with Gasteiger partial charge >= 0.3 is 12.2 Å². The Hall–Kier alpha value is -2.81. The van der Waals surface area contributed by atoms with E-state index in [1.165, 1.54) is 6.07 Å². The molecule has 160 valence electrons. The highest BCUT2D eigenvalue weighted by Gasteiger charge is 2.35. The van der Waals surface area contributed by atoms with E-state index in [4.69, 9.17) is 4.74 Å². The van der Waals surface area contributed by atoms with Crippen molar-refractivity contribution in [1.82, 2.24) is 14.8 Å². The maximum Gasteiger partial charge on any atom is 0.416 e. The molecule has 2 aromatic rings. The summed E-state index contributed by atoms with van der Waals surface area (Å²) >= 11 is 0. The van der Waals surface area contributed by atoms with E-state index >= 15 is 0 Å². The molecule has 6 nitrogen and oxygen atoms in total. The number of benzene rings is 1. The van der Waals surface area contributed by atoms with Gasteiger partial charge in [0.1, 0.15) is 5.75 Å². The number of anilines is 1. The molecule has 1 fully saturated rings. The number of aromatic nitrogens is 1. The predicted molar refractivity (Wildman–Crippen MR) is 105 cm³/mol.